The Hall–Kier alpha value is -2.56. The van der Waals surface area contributed by atoms with Crippen molar-refractivity contribution in [3.05, 3.63) is 53.5 Å². The molecule has 2 N–H and O–H groups in total. The minimum atomic E-state index is 0.617. The lowest BCUT2D eigenvalue weighted by Gasteiger charge is -2.06. The molecule has 0 radical (unpaired) electrons. The Morgan fingerprint density at radius 1 is 1.19 bits per heavy atom. The van der Waals surface area contributed by atoms with Crippen molar-refractivity contribution in [1.82, 2.24) is 15.0 Å². The molecular weight excluding hydrogens is 264 g/mol. The number of anilines is 1. The maximum absolute atomic E-state index is 5.33. The Morgan fingerprint density at radius 3 is 2.71 bits per heavy atom. The number of imidazole rings is 1. The quantitative estimate of drug-likeness (QED) is 0.767. The van der Waals surface area contributed by atoms with Crippen molar-refractivity contribution in [2.75, 3.05) is 5.32 Å². The first-order valence-corrected chi connectivity index (χ1v) is 6.90. The van der Waals surface area contributed by atoms with Gasteiger partial charge >= 0.3 is 0 Å². The van der Waals surface area contributed by atoms with Crippen molar-refractivity contribution >= 4 is 5.69 Å². The second-order valence-corrected chi connectivity index (χ2v) is 5.09. The Labute approximate surface area is 123 Å². The molecule has 2 aromatic heterocycles. The highest BCUT2D eigenvalue weighted by Crippen LogP contribution is 2.22. The third-order valence-electron chi connectivity index (χ3n) is 3.56. The summed E-state index contributed by atoms with van der Waals surface area (Å²) in [6, 6.07) is 8.15. The summed E-state index contributed by atoms with van der Waals surface area (Å²) in [4.78, 5) is 11.9. The third-order valence-corrected chi connectivity index (χ3v) is 3.56. The lowest BCUT2D eigenvalue weighted by atomic mass is 10.2. The highest BCUT2D eigenvalue weighted by atomic mass is 16.3. The van der Waals surface area contributed by atoms with Gasteiger partial charge in [-0.05, 0) is 32.9 Å². The molecule has 0 saturated heterocycles. The van der Waals surface area contributed by atoms with Crippen LogP contribution in [0.25, 0.3) is 11.4 Å². The minimum absolute atomic E-state index is 0.617. The summed E-state index contributed by atoms with van der Waals surface area (Å²) in [5, 5.41) is 3.34. The molecule has 0 spiro atoms. The zero-order chi connectivity index (χ0) is 14.8. The van der Waals surface area contributed by atoms with Crippen LogP contribution in [0.3, 0.4) is 0 Å². The molecule has 0 amide bonds. The summed E-state index contributed by atoms with van der Waals surface area (Å²) in [5.74, 6) is 1.74. The smallest absolute Gasteiger partial charge is 0.181 e. The molecule has 0 aliphatic heterocycles. The fourth-order valence-electron chi connectivity index (χ4n) is 2.14. The van der Waals surface area contributed by atoms with Gasteiger partial charge in [-0.1, -0.05) is 12.1 Å². The molecule has 0 atom stereocenters. The zero-order valence-electron chi connectivity index (χ0n) is 12.4. The lowest BCUT2D eigenvalue weighted by molar-refractivity contribution is 0.510. The van der Waals surface area contributed by atoms with Gasteiger partial charge in [-0.3, -0.25) is 0 Å². The van der Waals surface area contributed by atoms with Crippen LogP contribution in [-0.2, 0) is 6.54 Å². The van der Waals surface area contributed by atoms with E-state index >= 15 is 0 Å². The van der Waals surface area contributed by atoms with Crippen LogP contribution in [0.1, 0.15) is 22.8 Å². The van der Waals surface area contributed by atoms with E-state index in [9.17, 15) is 0 Å². The molecule has 0 aliphatic carbocycles. The maximum atomic E-state index is 5.33. The normalized spacial score (nSPS) is 10.8. The molecule has 0 bridgehead atoms. The highest BCUT2D eigenvalue weighted by molar-refractivity contribution is 5.63. The van der Waals surface area contributed by atoms with Crippen LogP contribution in [0.5, 0.6) is 0 Å². The van der Waals surface area contributed by atoms with Crippen LogP contribution in [0.2, 0.25) is 0 Å². The molecule has 3 aromatic rings. The average Bonchev–Trinajstić information content (AvgIpc) is 3.04. The largest absolute Gasteiger partial charge is 0.446 e. The first kappa shape index (κ1) is 13.4. The highest BCUT2D eigenvalue weighted by Gasteiger charge is 2.07. The van der Waals surface area contributed by atoms with E-state index in [1.54, 1.807) is 0 Å². The van der Waals surface area contributed by atoms with Crippen molar-refractivity contribution in [3.8, 4) is 11.4 Å². The summed E-state index contributed by atoms with van der Waals surface area (Å²) in [6.07, 6.45) is 1.47. The topological polar surface area (TPSA) is 66.7 Å². The Balaban J connectivity index is 1.78. The van der Waals surface area contributed by atoms with Gasteiger partial charge in [0.15, 0.2) is 6.39 Å². The van der Waals surface area contributed by atoms with Crippen LogP contribution >= 0.6 is 0 Å². The number of aryl methyl sites for hydroxylation is 3. The van der Waals surface area contributed by atoms with E-state index in [0.717, 1.165) is 39.9 Å². The van der Waals surface area contributed by atoms with Gasteiger partial charge in [-0.25, -0.2) is 9.97 Å². The van der Waals surface area contributed by atoms with Gasteiger partial charge in [0.05, 0.1) is 17.9 Å². The number of rotatable bonds is 4. The van der Waals surface area contributed by atoms with Crippen LogP contribution in [0.15, 0.2) is 35.1 Å². The number of hydrogen-bond acceptors (Lipinski definition) is 4. The fourth-order valence-corrected chi connectivity index (χ4v) is 2.14. The van der Waals surface area contributed by atoms with Gasteiger partial charge in [0.2, 0.25) is 0 Å². The summed E-state index contributed by atoms with van der Waals surface area (Å²) in [5.41, 5.74) is 5.12. The average molecular weight is 282 g/mol. The van der Waals surface area contributed by atoms with E-state index < -0.39 is 0 Å². The van der Waals surface area contributed by atoms with E-state index in [2.05, 4.69) is 26.3 Å². The van der Waals surface area contributed by atoms with E-state index in [1.165, 1.54) is 6.39 Å². The number of nitrogens with zero attached hydrogens (tertiary/aromatic N) is 2. The molecule has 2 heterocycles. The van der Waals surface area contributed by atoms with Crippen LogP contribution in [0.4, 0.5) is 5.69 Å². The van der Waals surface area contributed by atoms with Gasteiger partial charge in [-0.2, -0.15) is 0 Å². The van der Waals surface area contributed by atoms with Crippen molar-refractivity contribution in [1.29, 1.82) is 0 Å². The monoisotopic (exact) mass is 282 g/mol. The molecule has 108 valence electrons. The molecule has 0 unspecified atom stereocenters. The molecule has 5 nitrogen and oxygen atoms in total. The molecule has 1 aromatic carbocycles. The van der Waals surface area contributed by atoms with E-state index in [-0.39, 0.29) is 0 Å². The van der Waals surface area contributed by atoms with Crippen LogP contribution in [0, 0.1) is 20.8 Å². The first-order chi connectivity index (χ1) is 10.1. The predicted molar refractivity (Wildman–Crippen MR) is 82.1 cm³/mol. The molecule has 3 rings (SSSR count). The maximum Gasteiger partial charge on any atom is 0.181 e. The van der Waals surface area contributed by atoms with Gasteiger partial charge in [0, 0.05) is 16.9 Å². The third kappa shape index (κ3) is 2.81. The zero-order valence-corrected chi connectivity index (χ0v) is 12.4. The molecule has 0 fully saturated rings. The van der Waals surface area contributed by atoms with Gasteiger partial charge in [-0.15, -0.1) is 0 Å². The van der Waals surface area contributed by atoms with E-state index in [4.69, 9.17) is 4.42 Å². The minimum Gasteiger partial charge on any atom is -0.446 e. The fraction of sp³-hybridized carbons (Fsp3) is 0.250. The summed E-state index contributed by atoms with van der Waals surface area (Å²) in [6.45, 7) is 6.58. The number of aromatic amines is 1. The van der Waals surface area contributed by atoms with Crippen molar-refractivity contribution < 1.29 is 4.42 Å². The predicted octanol–water partition coefficient (Wildman–Crippen LogP) is 3.60. The number of oxazole rings is 1. The molecule has 5 heteroatoms. The lowest BCUT2D eigenvalue weighted by Crippen LogP contribution is -2.00. The Kier molecular flexibility index (Phi) is 3.48. The van der Waals surface area contributed by atoms with E-state index in [0.29, 0.717) is 6.54 Å². The number of H-pyrrole nitrogens is 1. The molecule has 21 heavy (non-hydrogen) atoms. The van der Waals surface area contributed by atoms with Gasteiger partial charge in [0.1, 0.15) is 11.6 Å². The molecular formula is C16H18N4O. The first-order valence-electron chi connectivity index (χ1n) is 6.90. The standard InChI is InChI=1S/C16H18N4O/c1-10-11(2)20-16(19-10)13-5-4-6-14(7-13)17-8-15-12(3)18-9-21-15/h4-7,9,17H,8H2,1-3H3,(H,19,20). The van der Waals surface area contributed by atoms with Crippen LogP contribution < -0.4 is 5.32 Å². The number of benzene rings is 1. The molecule has 0 saturated carbocycles. The van der Waals surface area contributed by atoms with Crippen molar-refractivity contribution in [2.45, 2.75) is 27.3 Å². The Bertz CT molecular complexity index is 738. The number of hydrogen-bond donors (Lipinski definition) is 2. The second kappa shape index (κ2) is 5.44. The second-order valence-electron chi connectivity index (χ2n) is 5.09. The van der Waals surface area contributed by atoms with Gasteiger partial charge < -0.3 is 14.7 Å². The Morgan fingerprint density at radius 2 is 2.05 bits per heavy atom. The summed E-state index contributed by atoms with van der Waals surface area (Å²) >= 11 is 0. The SMILES string of the molecule is Cc1nc(-c2cccc(NCc3ocnc3C)c2)[nH]c1C. The summed E-state index contributed by atoms with van der Waals surface area (Å²) in [7, 11) is 0. The van der Waals surface area contributed by atoms with Crippen molar-refractivity contribution in [3.63, 3.8) is 0 Å². The molecule has 0 aliphatic rings. The van der Waals surface area contributed by atoms with E-state index in [1.807, 2.05) is 39.0 Å². The number of nitrogens with one attached hydrogen (secondary N) is 2. The van der Waals surface area contributed by atoms with Crippen LogP contribution in [-0.4, -0.2) is 15.0 Å². The number of aromatic nitrogens is 3. The van der Waals surface area contributed by atoms with Gasteiger partial charge in [0.25, 0.3) is 0 Å². The van der Waals surface area contributed by atoms with Crippen molar-refractivity contribution in [2.24, 2.45) is 0 Å². The summed E-state index contributed by atoms with van der Waals surface area (Å²) < 4.78 is 5.33.